The van der Waals surface area contributed by atoms with Crippen LogP contribution in [0.25, 0.3) is 0 Å². The van der Waals surface area contributed by atoms with Crippen LogP contribution in [0.4, 0.5) is 26.3 Å². The second-order valence-electron chi connectivity index (χ2n) is 9.55. The highest BCUT2D eigenvalue weighted by molar-refractivity contribution is 6.90. The third-order valence-electron chi connectivity index (χ3n) is 6.89. The monoisotopic (exact) mass is 544 g/mol. The summed E-state index contributed by atoms with van der Waals surface area (Å²) in [5.41, 5.74) is -3.09. The van der Waals surface area contributed by atoms with E-state index in [1.165, 1.54) is 12.1 Å². The van der Waals surface area contributed by atoms with Crippen molar-refractivity contribution in [2.75, 3.05) is 0 Å². The van der Waals surface area contributed by atoms with Crippen molar-refractivity contribution in [3.63, 3.8) is 0 Å². The van der Waals surface area contributed by atoms with Gasteiger partial charge in [0.25, 0.3) is 5.60 Å². The maximum atomic E-state index is 13.5. The van der Waals surface area contributed by atoms with Crippen LogP contribution in [0.1, 0.15) is 22.3 Å². The predicted molar refractivity (Wildman–Crippen MR) is 138 cm³/mol. The zero-order valence-corrected chi connectivity index (χ0v) is 21.3. The van der Waals surface area contributed by atoms with E-state index in [0.29, 0.717) is 23.3 Å². The summed E-state index contributed by atoms with van der Waals surface area (Å²) in [4.78, 5) is 0. The van der Waals surface area contributed by atoms with Crippen LogP contribution in [0.15, 0.2) is 115 Å². The molecule has 0 fully saturated rings. The van der Waals surface area contributed by atoms with Crippen molar-refractivity contribution in [3.05, 3.63) is 138 Å². The molecule has 0 aliphatic rings. The maximum absolute atomic E-state index is 13.5. The molecule has 0 aliphatic heterocycles. The summed E-state index contributed by atoms with van der Waals surface area (Å²) in [6.07, 6.45) is -11.9. The van der Waals surface area contributed by atoms with Crippen LogP contribution >= 0.6 is 0 Å². The lowest BCUT2D eigenvalue weighted by Gasteiger charge is -2.35. The zero-order chi connectivity index (χ0) is 27.4. The summed E-state index contributed by atoms with van der Waals surface area (Å²) >= 11 is 0. The lowest BCUT2D eigenvalue weighted by Crippen LogP contribution is -2.56. The van der Waals surface area contributed by atoms with Gasteiger partial charge in [-0.15, -0.1) is 0 Å². The second kappa shape index (κ2) is 10.8. The Balaban J connectivity index is 1.88. The van der Waals surface area contributed by atoms with E-state index in [1.54, 1.807) is 0 Å². The Bertz CT molecular complexity index is 1190. The van der Waals surface area contributed by atoms with Gasteiger partial charge in [0.05, 0.1) is 8.07 Å². The lowest BCUT2D eigenvalue weighted by molar-refractivity contribution is -0.376. The molecule has 0 heterocycles. The van der Waals surface area contributed by atoms with Crippen LogP contribution < -0.4 is 5.19 Å². The Labute approximate surface area is 218 Å². The molecule has 38 heavy (non-hydrogen) atoms. The number of hydrogen-bond donors (Lipinski definition) is 1. The second-order valence-corrected chi connectivity index (χ2v) is 13.7. The van der Waals surface area contributed by atoms with Gasteiger partial charge in [-0.3, -0.25) is 0 Å². The number of alkyl halides is 6. The molecule has 0 saturated heterocycles. The highest BCUT2D eigenvalue weighted by atomic mass is 28.3. The molecule has 0 atom stereocenters. The fourth-order valence-corrected chi connectivity index (χ4v) is 9.92. The third kappa shape index (κ3) is 5.71. The zero-order valence-electron chi connectivity index (χ0n) is 20.3. The first-order valence-electron chi connectivity index (χ1n) is 12.0. The lowest BCUT2D eigenvalue weighted by atomic mass is 9.92. The summed E-state index contributed by atoms with van der Waals surface area (Å²) in [5.74, 6) is 0. The van der Waals surface area contributed by atoms with E-state index in [-0.39, 0.29) is 0 Å². The quantitative estimate of drug-likeness (QED) is 0.187. The van der Waals surface area contributed by atoms with E-state index in [1.807, 2.05) is 91.0 Å². The van der Waals surface area contributed by atoms with Gasteiger partial charge in [0.1, 0.15) is 0 Å². The van der Waals surface area contributed by atoms with Crippen molar-refractivity contribution < 1.29 is 31.4 Å². The first kappa shape index (κ1) is 27.7. The summed E-state index contributed by atoms with van der Waals surface area (Å²) in [5, 5.41) is 10.6. The normalized spacial score (nSPS) is 12.9. The minimum Gasteiger partial charge on any atom is -0.369 e. The molecule has 4 aromatic carbocycles. The third-order valence-corrected chi connectivity index (χ3v) is 11.7. The van der Waals surface area contributed by atoms with Gasteiger partial charge in [0, 0.05) is 5.56 Å². The molecule has 0 saturated carbocycles. The first-order valence-corrected chi connectivity index (χ1v) is 14.7. The molecule has 0 radical (unpaired) electrons. The average Bonchev–Trinajstić information content (AvgIpc) is 2.89. The summed E-state index contributed by atoms with van der Waals surface area (Å²) in [7, 11) is -2.71. The highest BCUT2D eigenvalue weighted by Crippen LogP contribution is 2.49. The van der Waals surface area contributed by atoms with E-state index in [2.05, 4.69) is 0 Å². The molecule has 4 rings (SSSR count). The van der Waals surface area contributed by atoms with E-state index in [4.69, 9.17) is 0 Å². The molecule has 0 aromatic heterocycles. The van der Waals surface area contributed by atoms with E-state index in [9.17, 15) is 31.4 Å². The van der Waals surface area contributed by atoms with Gasteiger partial charge < -0.3 is 5.11 Å². The van der Waals surface area contributed by atoms with Crippen molar-refractivity contribution in [2.45, 2.75) is 36.1 Å². The first-order chi connectivity index (χ1) is 17.9. The van der Waals surface area contributed by atoms with Crippen molar-refractivity contribution in [1.29, 1.82) is 0 Å². The minimum atomic E-state index is -5.93. The summed E-state index contributed by atoms with van der Waals surface area (Å²) < 4.78 is 81.1. The average molecular weight is 545 g/mol. The van der Waals surface area contributed by atoms with Crippen LogP contribution in [0, 0.1) is 0 Å². The van der Waals surface area contributed by atoms with Crippen molar-refractivity contribution >= 4 is 13.3 Å². The molecule has 0 bridgehead atoms. The summed E-state index contributed by atoms with van der Waals surface area (Å²) in [6.45, 7) is 0. The van der Waals surface area contributed by atoms with Gasteiger partial charge in [-0.2, -0.15) is 26.3 Å². The van der Waals surface area contributed by atoms with Crippen LogP contribution in [-0.2, 0) is 23.7 Å². The van der Waals surface area contributed by atoms with Crippen molar-refractivity contribution in [1.82, 2.24) is 0 Å². The number of hydrogen-bond acceptors (Lipinski definition) is 1. The number of benzene rings is 4. The fourth-order valence-electron chi connectivity index (χ4n) is 5.01. The molecule has 198 valence electrons. The standard InChI is InChI=1S/C30H26F6OSi/c31-29(32,33)28(37,30(34,35)36)26-16-18-27(19-17-26)38(20-23-10-4-1-5-11-23,21-24-12-6-2-7-13-24)22-25-14-8-3-9-15-25/h1-19,37H,20-22H2. The SMILES string of the molecule is OC(c1ccc([Si](Cc2ccccc2)(Cc2ccccc2)Cc2ccccc2)cc1)(C(F)(F)F)C(F)(F)F. The van der Waals surface area contributed by atoms with Gasteiger partial charge in [-0.1, -0.05) is 137 Å². The molecular weight excluding hydrogens is 518 g/mol. The molecule has 0 aliphatic carbocycles. The van der Waals surface area contributed by atoms with E-state index in [0.717, 1.165) is 28.8 Å². The maximum Gasteiger partial charge on any atom is 0.430 e. The predicted octanol–water partition coefficient (Wildman–Crippen LogP) is 7.00. The number of rotatable bonds is 8. The fraction of sp³-hybridized carbons (Fsp3) is 0.200. The molecule has 8 heteroatoms. The van der Waals surface area contributed by atoms with Gasteiger partial charge in [-0.05, 0) is 18.1 Å². The van der Waals surface area contributed by atoms with Crippen LogP contribution in [-0.4, -0.2) is 25.5 Å². The number of halogens is 6. The smallest absolute Gasteiger partial charge is 0.369 e. The topological polar surface area (TPSA) is 20.2 Å². The molecule has 1 N–H and O–H groups in total. The van der Waals surface area contributed by atoms with Crippen LogP contribution in [0.3, 0.4) is 0 Å². The highest BCUT2D eigenvalue weighted by Gasteiger charge is 2.71. The minimum absolute atomic E-state index is 0.625. The summed E-state index contributed by atoms with van der Waals surface area (Å²) in [6, 6.07) is 35.2. The van der Waals surface area contributed by atoms with Crippen molar-refractivity contribution in [2.24, 2.45) is 0 Å². The molecule has 1 nitrogen and oxygen atoms in total. The molecular formula is C30H26F6OSi. The van der Waals surface area contributed by atoms with Crippen LogP contribution in [0.2, 0.25) is 0 Å². The van der Waals surface area contributed by atoms with Gasteiger partial charge >= 0.3 is 12.4 Å². The molecule has 0 spiro atoms. The Morgan fingerprint density at radius 2 is 0.789 bits per heavy atom. The van der Waals surface area contributed by atoms with Crippen molar-refractivity contribution in [3.8, 4) is 0 Å². The van der Waals surface area contributed by atoms with Gasteiger partial charge in [-0.25, -0.2) is 0 Å². The molecule has 0 amide bonds. The Kier molecular flexibility index (Phi) is 7.85. The molecule has 0 unspecified atom stereocenters. The van der Waals surface area contributed by atoms with Gasteiger partial charge in [0.15, 0.2) is 0 Å². The largest absolute Gasteiger partial charge is 0.430 e. The molecule has 4 aromatic rings. The van der Waals surface area contributed by atoms with E-state index < -0.39 is 31.6 Å². The van der Waals surface area contributed by atoms with Gasteiger partial charge in [0.2, 0.25) is 0 Å². The van der Waals surface area contributed by atoms with Crippen LogP contribution in [0.5, 0.6) is 0 Å². The van der Waals surface area contributed by atoms with E-state index >= 15 is 0 Å². The Hall–Kier alpha value is -3.36. The number of aliphatic hydroxyl groups is 1. The Morgan fingerprint density at radius 3 is 1.08 bits per heavy atom. The Morgan fingerprint density at radius 1 is 0.474 bits per heavy atom.